The van der Waals surface area contributed by atoms with E-state index in [2.05, 4.69) is 17.2 Å². The summed E-state index contributed by atoms with van der Waals surface area (Å²) in [6, 6.07) is 6.11. The van der Waals surface area contributed by atoms with E-state index in [1.807, 2.05) is 52.8 Å². The molecule has 1 aromatic rings. The van der Waals surface area contributed by atoms with Crippen molar-refractivity contribution in [2.24, 2.45) is 0 Å². The first-order chi connectivity index (χ1) is 10.2. The molecule has 0 aliphatic rings. The van der Waals surface area contributed by atoms with Crippen LogP contribution in [0.5, 0.6) is 0 Å². The second kappa shape index (κ2) is 8.13. The van der Waals surface area contributed by atoms with Gasteiger partial charge in [0, 0.05) is 31.4 Å². The number of ether oxygens (including phenoxy) is 1. The number of hydrogen-bond donors (Lipinski definition) is 1. The van der Waals surface area contributed by atoms with Crippen molar-refractivity contribution in [1.82, 2.24) is 15.2 Å². The SMILES string of the molecule is CC(NCCN(C(=O)OC(C)(C)C)C(C)C)c1ccccn1. The lowest BCUT2D eigenvalue weighted by Crippen LogP contribution is -2.44. The highest BCUT2D eigenvalue weighted by atomic mass is 16.6. The van der Waals surface area contributed by atoms with Crippen molar-refractivity contribution in [3.63, 3.8) is 0 Å². The van der Waals surface area contributed by atoms with Crippen LogP contribution in [0.1, 0.15) is 53.3 Å². The molecule has 0 aliphatic carbocycles. The third-order valence-corrected chi connectivity index (χ3v) is 3.19. The molecule has 1 aromatic heterocycles. The molecule has 1 rings (SSSR count). The van der Waals surface area contributed by atoms with Crippen molar-refractivity contribution in [1.29, 1.82) is 0 Å². The average Bonchev–Trinajstić information content (AvgIpc) is 2.41. The van der Waals surface area contributed by atoms with E-state index < -0.39 is 5.60 Å². The molecule has 1 unspecified atom stereocenters. The zero-order chi connectivity index (χ0) is 16.8. The highest BCUT2D eigenvalue weighted by Crippen LogP contribution is 2.12. The Kier molecular flexibility index (Phi) is 6.81. The predicted octanol–water partition coefficient (Wildman–Crippen LogP) is 3.38. The Morgan fingerprint density at radius 3 is 2.50 bits per heavy atom. The van der Waals surface area contributed by atoms with Crippen LogP contribution in [0.4, 0.5) is 4.79 Å². The summed E-state index contributed by atoms with van der Waals surface area (Å²) in [5.41, 5.74) is 0.523. The van der Waals surface area contributed by atoms with E-state index in [1.54, 1.807) is 11.1 Å². The molecule has 0 spiro atoms. The molecule has 124 valence electrons. The Hall–Kier alpha value is -1.62. The first-order valence-electron chi connectivity index (χ1n) is 7.84. The van der Waals surface area contributed by atoms with Crippen molar-refractivity contribution >= 4 is 6.09 Å². The third kappa shape index (κ3) is 6.43. The third-order valence-electron chi connectivity index (χ3n) is 3.19. The lowest BCUT2D eigenvalue weighted by atomic mass is 10.2. The van der Waals surface area contributed by atoms with Crippen LogP contribution < -0.4 is 5.32 Å². The van der Waals surface area contributed by atoms with Crippen LogP contribution in [-0.4, -0.2) is 40.7 Å². The number of nitrogens with zero attached hydrogens (tertiary/aromatic N) is 2. The number of carbonyl (C=O) groups is 1. The van der Waals surface area contributed by atoms with E-state index in [4.69, 9.17) is 4.74 Å². The zero-order valence-corrected chi connectivity index (χ0v) is 14.6. The molecule has 0 aliphatic heterocycles. The first kappa shape index (κ1) is 18.4. The minimum Gasteiger partial charge on any atom is -0.444 e. The van der Waals surface area contributed by atoms with Gasteiger partial charge in [0.2, 0.25) is 0 Å². The molecule has 5 nitrogen and oxygen atoms in total. The number of pyridine rings is 1. The number of rotatable bonds is 6. The Balaban J connectivity index is 2.50. The number of carbonyl (C=O) groups excluding carboxylic acids is 1. The Morgan fingerprint density at radius 2 is 2.00 bits per heavy atom. The standard InChI is InChI=1S/C17H29N3O2/c1-13(2)20(16(21)22-17(4,5)6)12-11-18-14(3)15-9-7-8-10-19-15/h7-10,13-14,18H,11-12H2,1-6H3. The summed E-state index contributed by atoms with van der Waals surface area (Å²) < 4.78 is 5.45. The van der Waals surface area contributed by atoms with E-state index in [0.29, 0.717) is 13.1 Å². The minimum atomic E-state index is -0.473. The first-order valence-corrected chi connectivity index (χ1v) is 7.84. The van der Waals surface area contributed by atoms with Crippen LogP contribution in [-0.2, 0) is 4.74 Å². The Bertz CT molecular complexity index is 455. The quantitative estimate of drug-likeness (QED) is 0.875. The van der Waals surface area contributed by atoms with E-state index >= 15 is 0 Å². The summed E-state index contributed by atoms with van der Waals surface area (Å²) in [7, 11) is 0. The summed E-state index contributed by atoms with van der Waals surface area (Å²) in [6.45, 7) is 13.0. The summed E-state index contributed by atoms with van der Waals surface area (Å²) >= 11 is 0. The van der Waals surface area contributed by atoms with Crippen molar-refractivity contribution in [3.05, 3.63) is 30.1 Å². The highest BCUT2D eigenvalue weighted by molar-refractivity contribution is 5.68. The van der Waals surface area contributed by atoms with Gasteiger partial charge in [0.15, 0.2) is 0 Å². The van der Waals surface area contributed by atoms with Gasteiger partial charge in [-0.2, -0.15) is 0 Å². The second-order valence-corrected chi connectivity index (χ2v) is 6.70. The molecule has 1 amide bonds. The summed E-state index contributed by atoms with van der Waals surface area (Å²) in [5.74, 6) is 0. The zero-order valence-electron chi connectivity index (χ0n) is 14.6. The Labute approximate surface area is 134 Å². The fraction of sp³-hybridized carbons (Fsp3) is 0.647. The number of hydrogen-bond acceptors (Lipinski definition) is 4. The highest BCUT2D eigenvalue weighted by Gasteiger charge is 2.23. The second-order valence-electron chi connectivity index (χ2n) is 6.70. The molecule has 0 saturated heterocycles. The van der Waals surface area contributed by atoms with Crippen LogP contribution in [0, 0.1) is 0 Å². The number of amides is 1. The molecule has 0 saturated carbocycles. The minimum absolute atomic E-state index is 0.0989. The van der Waals surface area contributed by atoms with Crippen LogP contribution >= 0.6 is 0 Å². The van der Waals surface area contributed by atoms with E-state index in [-0.39, 0.29) is 18.2 Å². The molecule has 5 heteroatoms. The number of aromatic nitrogens is 1. The van der Waals surface area contributed by atoms with Crippen molar-refractivity contribution < 1.29 is 9.53 Å². The van der Waals surface area contributed by atoms with E-state index in [9.17, 15) is 4.79 Å². The number of nitrogens with one attached hydrogen (secondary N) is 1. The molecular formula is C17H29N3O2. The predicted molar refractivity (Wildman–Crippen MR) is 88.7 cm³/mol. The normalized spacial score (nSPS) is 13.0. The van der Waals surface area contributed by atoms with Gasteiger partial charge in [-0.05, 0) is 53.7 Å². The Morgan fingerprint density at radius 1 is 1.32 bits per heavy atom. The average molecular weight is 307 g/mol. The lowest BCUT2D eigenvalue weighted by molar-refractivity contribution is 0.0192. The summed E-state index contributed by atoms with van der Waals surface area (Å²) in [5, 5.41) is 3.39. The summed E-state index contributed by atoms with van der Waals surface area (Å²) in [4.78, 5) is 18.3. The molecule has 22 heavy (non-hydrogen) atoms. The fourth-order valence-corrected chi connectivity index (χ4v) is 2.02. The van der Waals surface area contributed by atoms with Crippen LogP contribution in [0.15, 0.2) is 24.4 Å². The molecule has 0 radical (unpaired) electrons. The van der Waals surface area contributed by atoms with Gasteiger partial charge in [0.1, 0.15) is 5.60 Å². The van der Waals surface area contributed by atoms with Gasteiger partial charge in [0.05, 0.1) is 5.69 Å². The van der Waals surface area contributed by atoms with Gasteiger partial charge < -0.3 is 15.0 Å². The molecule has 1 N–H and O–H groups in total. The molecule has 1 heterocycles. The van der Waals surface area contributed by atoms with Crippen molar-refractivity contribution in [2.75, 3.05) is 13.1 Å². The largest absolute Gasteiger partial charge is 0.444 e. The smallest absolute Gasteiger partial charge is 0.410 e. The van der Waals surface area contributed by atoms with Gasteiger partial charge >= 0.3 is 6.09 Å². The fourth-order valence-electron chi connectivity index (χ4n) is 2.02. The molecule has 1 atom stereocenters. The van der Waals surface area contributed by atoms with Crippen LogP contribution in [0.3, 0.4) is 0 Å². The molecule has 0 bridgehead atoms. The topological polar surface area (TPSA) is 54.5 Å². The van der Waals surface area contributed by atoms with Gasteiger partial charge in [-0.3, -0.25) is 4.98 Å². The van der Waals surface area contributed by atoms with Gasteiger partial charge in [-0.15, -0.1) is 0 Å². The van der Waals surface area contributed by atoms with Crippen molar-refractivity contribution in [2.45, 2.75) is 59.2 Å². The maximum Gasteiger partial charge on any atom is 0.410 e. The molecular weight excluding hydrogens is 278 g/mol. The van der Waals surface area contributed by atoms with E-state index in [1.165, 1.54) is 0 Å². The van der Waals surface area contributed by atoms with Crippen LogP contribution in [0.2, 0.25) is 0 Å². The molecule has 0 fully saturated rings. The van der Waals surface area contributed by atoms with Crippen molar-refractivity contribution in [3.8, 4) is 0 Å². The van der Waals surface area contributed by atoms with Gasteiger partial charge in [0.25, 0.3) is 0 Å². The van der Waals surface area contributed by atoms with Gasteiger partial charge in [-0.1, -0.05) is 6.07 Å². The lowest BCUT2D eigenvalue weighted by Gasteiger charge is -2.30. The molecule has 0 aromatic carbocycles. The monoisotopic (exact) mass is 307 g/mol. The summed E-state index contributed by atoms with van der Waals surface area (Å²) in [6.07, 6.45) is 1.52. The maximum absolute atomic E-state index is 12.2. The van der Waals surface area contributed by atoms with Gasteiger partial charge in [-0.25, -0.2) is 4.79 Å². The maximum atomic E-state index is 12.2. The van der Waals surface area contributed by atoms with Crippen LogP contribution in [0.25, 0.3) is 0 Å². The van der Waals surface area contributed by atoms with E-state index in [0.717, 1.165) is 5.69 Å².